The predicted octanol–water partition coefficient (Wildman–Crippen LogP) is 5.81. The fraction of sp³-hybridized carbons (Fsp3) is 0.684. The summed E-state index contributed by atoms with van der Waals surface area (Å²) in [5.41, 5.74) is 2.64. The average molecular weight is 296 g/mol. The van der Waals surface area contributed by atoms with Gasteiger partial charge in [-0.1, -0.05) is 58.2 Å². The summed E-state index contributed by atoms with van der Waals surface area (Å²) in [7, 11) is 3.50. The average Bonchev–Trinajstić information content (AvgIpc) is 2.55. The topological polar surface area (TPSA) is 18.5 Å². The Bertz CT molecular complexity index is 321. The molecule has 124 valence electrons. The van der Waals surface area contributed by atoms with Gasteiger partial charge in [0.15, 0.2) is 0 Å². The predicted molar refractivity (Wildman–Crippen MR) is 94.5 cm³/mol. The molecule has 0 atom stereocenters. The van der Waals surface area contributed by atoms with Crippen molar-refractivity contribution < 1.29 is 9.47 Å². The quantitative estimate of drug-likeness (QED) is 0.564. The maximum absolute atomic E-state index is 5.38. The molecule has 0 aliphatic rings. The molecule has 0 aliphatic carbocycles. The van der Waals surface area contributed by atoms with Gasteiger partial charge in [0.1, 0.15) is 5.75 Å². The van der Waals surface area contributed by atoms with E-state index in [0.29, 0.717) is 0 Å². The van der Waals surface area contributed by atoms with Crippen molar-refractivity contribution in [1.29, 1.82) is 0 Å². The van der Waals surface area contributed by atoms with Crippen LogP contribution in [0.2, 0.25) is 0 Å². The number of benzene rings is 1. The Balaban J connectivity index is 0. The van der Waals surface area contributed by atoms with Crippen molar-refractivity contribution in [3.63, 3.8) is 0 Å². The van der Waals surface area contributed by atoms with Crippen LogP contribution in [-0.4, -0.2) is 20.8 Å². The van der Waals surface area contributed by atoms with Gasteiger partial charge in [-0.15, -0.1) is 0 Å². The minimum Gasteiger partial charge on any atom is -0.496 e. The zero-order valence-corrected chi connectivity index (χ0v) is 15.3. The van der Waals surface area contributed by atoms with Crippen molar-refractivity contribution in [3.05, 3.63) is 29.3 Å². The first-order valence-corrected chi connectivity index (χ1v) is 8.40. The van der Waals surface area contributed by atoms with E-state index in [0.717, 1.165) is 18.8 Å². The molecule has 2 heteroatoms. The van der Waals surface area contributed by atoms with Gasteiger partial charge in [0.2, 0.25) is 0 Å². The van der Waals surface area contributed by atoms with Gasteiger partial charge in [-0.2, -0.15) is 0 Å². The Labute approximate surface area is 132 Å². The second-order valence-corrected chi connectivity index (χ2v) is 4.47. The van der Waals surface area contributed by atoms with Gasteiger partial charge in [0.25, 0.3) is 0 Å². The molecule has 0 aliphatic heterocycles. The van der Waals surface area contributed by atoms with Crippen LogP contribution in [0.5, 0.6) is 5.75 Å². The van der Waals surface area contributed by atoms with E-state index >= 15 is 0 Å². The molecule has 0 amide bonds. The standard InChI is InChI=1S/C15H24O2.2C2H6/c1-13-9-10-15(17-3)14(12-13)8-6-4-5-7-11-16-2;2*1-2/h9-10,12H,4-8,11H2,1-3H3;2*1-2H3. The SMILES string of the molecule is CC.CC.COCCCCCCc1cc(C)ccc1OC. The number of methoxy groups -OCH3 is 2. The van der Waals surface area contributed by atoms with Gasteiger partial charge in [-0.25, -0.2) is 0 Å². The molecule has 1 rings (SSSR count). The lowest BCUT2D eigenvalue weighted by atomic mass is 10.0. The van der Waals surface area contributed by atoms with E-state index < -0.39 is 0 Å². The van der Waals surface area contributed by atoms with E-state index in [4.69, 9.17) is 9.47 Å². The van der Waals surface area contributed by atoms with Crippen molar-refractivity contribution in [2.75, 3.05) is 20.8 Å². The number of hydrogen-bond acceptors (Lipinski definition) is 2. The Kier molecular flexibility index (Phi) is 18.1. The van der Waals surface area contributed by atoms with Crippen LogP contribution in [0.15, 0.2) is 18.2 Å². The molecule has 0 N–H and O–H groups in total. The largest absolute Gasteiger partial charge is 0.496 e. The molecule has 0 spiro atoms. The van der Waals surface area contributed by atoms with Gasteiger partial charge in [-0.05, 0) is 37.8 Å². The van der Waals surface area contributed by atoms with Crippen molar-refractivity contribution in [3.8, 4) is 5.75 Å². The highest BCUT2D eigenvalue weighted by molar-refractivity contribution is 5.36. The Hall–Kier alpha value is -1.02. The fourth-order valence-electron chi connectivity index (χ4n) is 2.02. The van der Waals surface area contributed by atoms with Crippen LogP contribution in [0.25, 0.3) is 0 Å². The molecule has 0 heterocycles. The lowest BCUT2D eigenvalue weighted by Gasteiger charge is -2.09. The Morgan fingerprint density at radius 1 is 0.857 bits per heavy atom. The van der Waals surface area contributed by atoms with Crippen molar-refractivity contribution in [2.24, 2.45) is 0 Å². The molecule has 0 bridgehead atoms. The highest BCUT2D eigenvalue weighted by Crippen LogP contribution is 2.21. The third-order valence-corrected chi connectivity index (χ3v) is 2.98. The van der Waals surface area contributed by atoms with Crippen LogP contribution >= 0.6 is 0 Å². The first-order valence-electron chi connectivity index (χ1n) is 8.40. The smallest absolute Gasteiger partial charge is 0.122 e. The molecule has 1 aromatic carbocycles. The van der Waals surface area contributed by atoms with E-state index in [1.807, 2.05) is 27.7 Å². The summed E-state index contributed by atoms with van der Waals surface area (Å²) in [4.78, 5) is 0. The second-order valence-electron chi connectivity index (χ2n) is 4.47. The molecule has 0 saturated heterocycles. The second kappa shape index (κ2) is 17.0. The summed E-state index contributed by atoms with van der Waals surface area (Å²) in [6.07, 6.45) is 6.02. The third-order valence-electron chi connectivity index (χ3n) is 2.98. The van der Waals surface area contributed by atoms with Crippen molar-refractivity contribution in [2.45, 2.75) is 66.7 Å². The van der Waals surface area contributed by atoms with E-state index in [-0.39, 0.29) is 0 Å². The van der Waals surface area contributed by atoms with E-state index in [1.54, 1.807) is 14.2 Å². The van der Waals surface area contributed by atoms with Crippen molar-refractivity contribution >= 4 is 0 Å². The third kappa shape index (κ3) is 11.3. The molecule has 0 fully saturated rings. The molecule has 21 heavy (non-hydrogen) atoms. The van der Waals surface area contributed by atoms with Crippen LogP contribution < -0.4 is 4.74 Å². The molecule has 2 nitrogen and oxygen atoms in total. The Morgan fingerprint density at radius 2 is 1.48 bits per heavy atom. The molecule has 0 aromatic heterocycles. The van der Waals surface area contributed by atoms with Gasteiger partial charge >= 0.3 is 0 Å². The lowest BCUT2D eigenvalue weighted by molar-refractivity contribution is 0.192. The van der Waals surface area contributed by atoms with E-state index in [9.17, 15) is 0 Å². The zero-order chi connectivity index (χ0) is 16.5. The number of hydrogen-bond donors (Lipinski definition) is 0. The zero-order valence-electron chi connectivity index (χ0n) is 15.3. The highest BCUT2D eigenvalue weighted by Gasteiger charge is 2.02. The first kappa shape index (κ1) is 22.3. The van der Waals surface area contributed by atoms with Crippen LogP contribution in [0, 0.1) is 6.92 Å². The number of rotatable bonds is 8. The monoisotopic (exact) mass is 296 g/mol. The summed E-state index contributed by atoms with van der Waals surface area (Å²) < 4.78 is 10.4. The number of ether oxygens (including phenoxy) is 2. The van der Waals surface area contributed by atoms with E-state index in [1.165, 1.54) is 36.8 Å². The van der Waals surface area contributed by atoms with Crippen LogP contribution in [0.4, 0.5) is 0 Å². The van der Waals surface area contributed by atoms with E-state index in [2.05, 4.69) is 25.1 Å². The van der Waals surface area contributed by atoms with Crippen LogP contribution in [-0.2, 0) is 11.2 Å². The summed E-state index contributed by atoms with van der Waals surface area (Å²) in [5.74, 6) is 1.02. The first-order chi connectivity index (χ1) is 10.3. The van der Waals surface area contributed by atoms with Gasteiger partial charge < -0.3 is 9.47 Å². The molecular weight excluding hydrogens is 260 g/mol. The van der Waals surface area contributed by atoms with Gasteiger partial charge in [0, 0.05) is 13.7 Å². The molecule has 0 radical (unpaired) electrons. The number of unbranched alkanes of at least 4 members (excludes halogenated alkanes) is 3. The van der Waals surface area contributed by atoms with Gasteiger partial charge in [0.05, 0.1) is 7.11 Å². The highest BCUT2D eigenvalue weighted by atomic mass is 16.5. The molecule has 1 aromatic rings. The van der Waals surface area contributed by atoms with Crippen LogP contribution in [0.1, 0.15) is 64.5 Å². The van der Waals surface area contributed by atoms with Crippen LogP contribution in [0.3, 0.4) is 0 Å². The minimum atomic E-state index is 0.883. The molecule has 0 saturated carbocycles. The fourth-order valence-corrected chi connectivity index (χ4v) is 2.02. The molecule has 0 unspecified atom stereocenters. The van der Waals surface area contributed by atoms with Gasteiger partial charge in [-0.3, -0.25) is 0 Å². The van der Waals surface area contributed by atoms with Crippen molar-refractivity contribution in [1.82, 2.24) is 0 Å². The summed E-state index contributed by atoms with van der Waals surface area (Å²) in [5, 5.41) is 0. The normalized spacial score (nSPS) is 9.10. The molecular formula is C19H36O2. The maximum Gasteiger partial charge on any atom is 0.122 e. The Morgan fingerprint density at radius 3 is 2.05 bits per heavy atom. The maximum atomic E-state index is 5.38. The summed E-state index contributed by atoms with van der Waals surface area (Å²) in [6.45, 7) is 11.0. The summed E-state index contributed by atoms with van der Waals surface area (Å²) >= 11 is 0. The summed E-state index contributed by atoms with van der Waals surface area (Å²) in [6, 6.07) is 6.39. The number of aryl methyl sites for hydroxylation is 2. The lowest BCUT2D eigenvalue weighted by Crippen LogP contribution is -1.94. The minimum absolute atomic E-state index is 0.883.